The highest BCUT2D eigenvalue weighted by atomic mass is 79.9. The van der Waals surface area contributed by atoms with Crippen molar-refractivity contribution in [2.45, 2.75) is 37.8 Å². The molecule has 0 saturated heterocycles. The number of halogens is 1. The molecule has 0 bridgehead atoms. The molecule has 0 aliphatic carbocycles. The maximum atomic E-state index is 13.1. The van der Waals surface area contributed by atoms with Gasteiger partial charge in [0.2, 0.25) is 0 Å². The van der Waals surface area contributed by atoms with E-state index < -0.39 is 15.1 Å². The van der Waals surface area contributed by atoms with E-state index in [-0.39, 0.29) is 5.41 Å². The lowest BCUT2D eigenvalue weighted by Gasteiger charge is -2.29. The average molecular weight is 387 g/mol. The average Bonchev–Trinajstić information content (AvgIpc) is 2.73. The number of hydrogen-bond acceptors (Lipinski definition) is 3. The highest BCUT2D eigenvalue weighted by Gasteiger charge is 2.39. The Labute approximate surface area is 139 Å². The molecular formula is C16H19BrO2S2. The fourth-order valence-corrected chi connectivity index (χ4v) is 6.66. The summed E-state index contributed by atoms with van der Waals surface area (Å²) in [5.74, 6) is 0. The Hall–Kier alpha value is -0.650. The van der Waals surface area contributed by atoms with Crippen molar-refractivity contribution in [3.05, 3.63) is 50.6 Å². The van der Waals surface area contributed by atoms with Gasteiger partial charge in [-0.15, -0.1) is 11.3 Å². The van der Waals surface area contributed by atoms with Gasteiger partial charge < -0.3 is 0 Å². The first-order valence-electron chi connectivity index (χ1n) is 6.68. The molecular weight excluding hydrogens is 368 g/mol. The predicted molar refractivity (Wildman–Crippen MR) is 92.6 cm³/mol. The summed E-state index contributed by atoms with van der Waals surface area (Å²) in [5.41, 5.74) is 0.675. The molecule has 1 unspecified atom stereocenters. The van der Waals surface area contributed by atoms with Crippen molar-refractivity contribution < 1.29 is 8.42 Å². The van der Waals surface area contributed by atoms with Crippen LogP contribution in [0.4, 0.5) is 0 Å². The number of benzene rings is 1. The molecule has 0 saturated carbocycles. The number of thiophene rings is 1. The third-order valence-corrected chi connectivity index (χ3v) is 7.65. The van der Waals surface area contributed by atoms with Crippen molar-refractivity contribution in [3.8, 4) is 0 Å². The lowest BCUT2D eigenvalue weighted by atomic mass is 9.91. The monoisotopic (exact) mass is 386 g/mol. The zero-order chi connectivity index (χ0) is 15.8. The van der Waals surface area contributed by atoms with E-state index in [4.69, 9.17) is 0 Å². The summed E-state index contributed by atoms with van der Waals surface area (Å²) in [5, 5.41) is -0.552. The number of aryl methyl sites for hydroxylation is 1. The van der Waals surface area contributed by atoms with Gasteiger partial charge in [0, 0.05) is 4.88 Å². The van der Waals surface area contributed by atoms with Crippen LogP contribution in [0.15, 0.2) is 45.1 Å². The fourth-order valence-electron chi connectivity index (χ4n) is 2.38. The predicted octanol–water partition coefficient (Wildman–Crippen LogP) is 5.38. The van der Waals surface area contributed by atoms with Gasteiger partial charge in [0.1, 0.15) is 5.25 Å². The molecule has 2 nitrogen and oxygen atoms in total. The quantitative estimate of drug-likeness (QED) is 0.709. The Morgan fingerprint density at radius 2 is 1.62 bits per heavy atom. The van der Waals surface area contributed by atoms with Crippen molar-refractivity contribution in [2.24, 2.45) is 5.41 Å². The van der Waals surface area contributed by atoms with Gasteiger partial charge in [0.25, 0.3) is 0 Å². The second kappa shape index (κ2) is 5.86. The molecule has 0 radical (unpaired) electrons. The maximum Gasteiger partial charge on any atom is 0.186 e. The molecule has 2 aromatic rings. The molecule has 114 valence electrons. The van der Waals surface area contributed by atoms with Gasteiger partial charge in [-0.2, -0.15) is 0 Å². The van der Waals surface area contributed by atoms with Gasteiger partial charge in [0.15, 0.2) is 9.84 Å². The normalized spacial score (nSPS) is 14.1. The van der Waals surface area contributed by atoms with Gasteiger partial charge in [-0.3, -0.25) is 0 Å². The summed E-state index contributed by atoms with van der Waals surface area (Å²) < 4.78 is 27.1. The van der Waals surface area contributed by atoms with E-state index in [1.807, 2.05) is 52.0 Å². The molecule has 0 fully saturated rings. The van der Waals surface area contributed by atoms with E-state index in [2.05, 4.69) is 15.9 Å². The molecule has 1 atom stereocenters. The van der Waals surface area contributed by atoms with Gasteiger partial charge in [0.05, 0.1) is 8.68 Å². The number of rotatable bonds is 3. The summed E-state index contributed by atoms with van der Waals surface area (Å²) >= 11 is 4.91. The molecule has 21 heavy (non-hydrogen) atoms. The first-order valence-corrected chi connectivity index (χ1v) is 9.84. The van der Waals surface area contributed by atoms with Crippen LogP contribution >= 0.6 is 27.3 Å². The van der Waals surface area contributed by atoms with Gasteiger partial charge >= 0.3 is 0 Å². The highest BCUT2D eigenvalue weighted by Crippen LogP contribution is 2.45. The van der Waals surface area contributed by atoms with E-state index in [1.165, 1.54) is 11.3 Å². The van der Waals surface area contributed by atoms with Crippen molar-refractivity contribution in [1.82, 2.24) is 0 Å². The number of hydrogen-bond donors (Lipinski definition) is 0. The summed E-state index contributed by atoms with van der Waals surface area (Å²) in [7, 11) is -3.43. The van der Waals surface area contributed by atoms with E-state index in [9.17, 15) is 8.42 Å². The lowest BCUT2D eigenvalue weighted by Crippen LogP contribution is -2.26. The molecule has 1 aromatic heterocycles. The molecule has 0 amide bonds. The Morgan fingerprint density at radius 3 is 2.05 bits per heavy atom. The molecule has 0 aliphatic heterocycles. The Morgan fingerprint density at radius 1 is 1.05 bits per heavy atom. The van der Waals surface area contributed by atoms with Crippen molar-refractivity contribution in [3.63, 3.8) is 0 Å². The van der Waals surface area contributed by atoms with Crippen LogP contribution in [0.2, 0.25) is 0 Å². The fraction of sp³-hybridized carbons (Fsp3) is 0.375. The standard InChI is InChI=1S/C16H19BrO2S2/c1-11-5-7-12(8-6-11)21(18,19)15(16(2,3)4)13-9-10-14(17)20-13/h5-10,15H,1-4H3. The zero-order valence-corrected chi connectivity index (χ0v) is 15.8. The van der Waals surface area contributed by atoms with E-state index >= 15 is 0 Å². The van der Waals surface area contributed by atoms with Crippen molar-refractivity contribution in [1.29, 1.82) is 0 Å². The van der Waals surface area contributed by atoms with Crippen LogP contribution in [0.1, 0.15) is 36.5 Å². The smallest absolute Gasteiger partial charge is 0.186 e. The van der Waals surface area contributed by atoms with Crippen LogP contribution in [0.25, 0.3) is 0 Å². The minimum absolute atomic E-state index is 0.381. The van der Waals surface area contributed by atoms with Crippen LogP contribution in [0, 0.1) is 12.3 Å². The summed E-state index contributed by atoms with van der Waals surface area (Å²) in [6.45, 7) is 7.86. The zero-order valence-electron chi connectivity index (χ0n) is 12.6. The molecule has 1 heterocycles. The third-order valence-electron chi connectivity index (χ3n) is 3.30. The maximum absolute atomic E-state index is 13.1. The molecule has 5 heteroatoms. The van der Waals surface area contributed by atoms with Crippen molar-refractivity contribution >= 4 is 37.1 Å². The SMILES string of the molecule is Cc1ccc(S(=O)(=O)C(c2ccc(Br)s2)C(C)(C)C)cc1. The van der Waals surface area contributed by atoms with Gasteiger partial charge in [-0.05, 0) is 52.5 Å². The van der Waals surface area contributed by atoms with E-state index in [0.29, 0.717) is 4.90 Å². The van der Waals surface area contributed by atoms with Gasteiger partial charge in [-0.25, -0.2) is 8.42 Å². The van der Waals surface area contributed by atoms with Crippen LogP contribution in [0.3, 0.4) is 0 Å². The first kappa shape index (κ1) is 16.7. The van der Waals surface area contributed by atoms with Crippen LogP contribution < -0.4 is 0 Å². The Bertz CT molecular complexity index is 722. The second-order valence-corrected chi connectivity index (χ2v) is 10.8. The summed E-state index contributed by atoms with van der Waals surface area (Å²) in [6.07, 6.45) is 0. The van der Waals surface area contributed by atoms with Crippen LogP contribution in [-0.2, 0) is 9.84 Å². The third kappa shape index (κ3) is 3.58. The first-order chi connectivity index (χ1) is 9.62. The van der Waals surface area contributed by atoms with Gasteiger partial charge in [-0.1, -0.05) is 38.5 Å². The molecule has 0 N–H and O–H groups in total. The minimum Gasteiger partial charge on any atom is -0.223 e. The molecule has 2 rings (SSSR count). The Kier molecular flexibility index (Phi) is 4.66. The molecule has 1 aromatic carbocycles. The van der Waals surface area contributed by atoms with Crippen LogP contribution in [-0.4, -0.2) is 8.42 Å². The second-order valence-electron chi connectivity index (χ2n) is 6.25. The lowest BCUT2D eigenvalue weighted by molar-refractivity contribution is 0.386. The minimum atomic E-state index is -3.43. The summed E-state index contributed by atoms with van der Waals surface area (Å²) in [6, 6.07) is 10.9. The number of sulfone groups is 1. The van der Waals surface area contributed by atoms with E-state index in [1.54, 1.807) is 12.1 Å². The largest absolute Gasteiger partial charge is 0.223 e. The van der Waals surface area contributed by atoms with Crippen LogP contribution in [0.5, 0.6) is 0 Å². The highest BCUT2D eigenvalue weighted by molar-refractivity contribution is 9.11. The molecule has 0 spiro atoms. The summed E-state index contributed by atoms with van der Waals surface area (Å²) in [4.78, 5) is 1.26. The van der Waals surface area contributed by atoms with E-state index in [0.717, 1.165) is 14.2 Å². The Balaban J connectivity index is 2.58. The molecule has 0 aliphatic rings. The topological polar surface area (TPSA) is 34.1 Å². The van der Waals surface area contributed by atoms with Crippen molar-refractivity contribution in [2.75, 3.05) is 0 Å².